The van der Waals surface area contributed by atoms with E-state index in [1.165, 1.54) is 11.6 Å². The Morgan fingerprint density at radius 1 is 1.00 bits per heavy atom. The molecule has 1 saturated heterocycles. The number of piperazine rings is 1. The molecule has 2 rings (SSSR count). The van der Waals surface area contributed by atoms with Gasteiger partial charge in [0.15, 0.2) is 11.5 Å². The Bertz CT molecular complexity index is 559. The standard InChI is InChI=1S/C18H24N2O2.2C2H6/c1-3-6-15(4-2)13-19-9-11-20(12-10-19)14-16-7-5-8-17(21)18(16)22;2*1-2/h3-8,21-22H,1-2,9-14H2;2*1-2H3/b15-6+;;. The van der Waals surface area contributed by atoms with E-state index >= 15 is 0 Å². The van der Waals surface area contributed by atoms with Gasteiger partial charge >= 0.3 is 0 Å². The van der Waals surface area contributed by atoms with Crippen molar-refractivity contribution in [3.63, 3.8) is 0 Å². The van der Waals surface area contributed by atoms with E-state index < -0.39 is 0 Å². The monoisotopic (exact) mass is 360 g/mol. The highest BCUT2D eigenvalue weighted by Crippen LogP contribution is 2.29. The predicted octanol–water partition coefficient (Wildman–Crippen LogP) is 4.57. The molecule has 4 heteroatoms. The van der Waals surface area contributed by atoms with Crippen LogP contribution in [0.2, 0.25) is 0 Å². The van der Waals surface area contributed by atoms with Crippen molar-refractivity contribution in [1.82, 2.24) is 9.80 Å². The highest BCUT2D eigenvalue weighted by atomic mass is 16.3. The van der Waals surface area contributed by atoms with E-state index in [9.17, 15) is 10.2 Å². The van der Waals surface area contributed by atoms with Crippen LogP contribution in [0.3, 0.4) is 0 Å². The van der Waals surface area contributed by atoms with E-state index in [1.807, 2.05) is 45.9 Å². The third-order valence-corrected chi connectivity index (χ3v) is 3.96. The number of nitrogens with zero attached hydrogens (tertiary/aromatic N) is 2. The molecule has 2 N–H and O–H groups in total. The Morgan fingerprint density at radius 2 is 1.58 bits per heavy atom. The molecule has 0 saturated carbocycles. The van der Waals surface area contributed by atoms with Crippen LogP contribution in [0.1, 0.15) is 33.3 Å². The zero-order valence-electron chi connectivity index (χ0n) is 16.9. The second kappa shape index (κ2) is 14.2. The zero-order valence-corrected chi connectivity index (χ0v) is 16.9. The van der Waals surface area contributed by atoms with E-state index in [2.05, 4.69) is 23.0 Å². The van der Waals surface area contributed by atoms with Crippen molar-refractivity contribution in [2.75, 3.05) is 32.7 Å². The fourth-order valence-corrected chi connectivity index (χ4v) is 2.65. The summed E-state index contributed by atoms with van der Waals surface area (Å²) in [4.78, 5) is 4.67. The number of hydrogen-bond acceptors (Lipinski definition) is 4. The number of phenolic OH excluding ortho intramolecular Hbond substituents is 2. The highest BCUT2D eigenvalue weighted by Gasteiger charge is 2.18. The molecule has 0 spiro atoms. The number of rotatable bonds is 6. The molecular weight excluding hydrogens is 324 g/mol. The van der Waals surface area contributed by atoms with Gasteiger partial charge in [-0.1, -0.05) is 71.2 Å². The van der Waals surface area contributed by atoms with Crippen LogP contribution in [0.5, 0.6) is 11.5 Å². The number of benzene rings is 1. The SMILES string of the molecule is C=C/C=C(\C=C)CN1CCN(Cc2cccc(O)c2O)CC1.CC.CC. The molecule has 0 atom stereocenters. The summed E-state index contributed by atoms with van der Waals surface area (Å²) in [5.41, 5.74) is 1.95. The van der Waals surface area contributed by atoms with Gasteiger partial charge in [-0.25, -0.2) is 0 Å². The largest absolute Gasteiger partial charge is 0.504 e. The molecule has 0 bridgehead atoms. The lowest BCUT2D eigenvalue weighted by Crippen LogP contribution is -2.46. The van der Waals surface area contributed by atoms with Crippen LogP contribution < -0.4 is 0 Å². The molecule has 1 aromatic carbocycles. The van der Waals surface area contributed by atoms with Gasteiger partial charge in [-0.05, 0) is 11.6 Å². The van der Waals surface area contributed by atoms with Crippen LogP contribution in [0.15, 0.2) is 55.2 Å². The number of allylic oxidation sites excluding steroid dienone is 2. The zero-order chi connectivity index (χ0) is 19.9. The summed E-state index contributed by atoms with van der Waals surface area (Å²) in [5.74, 6) is -0.0610. The number of para-hydroxylation sites is 1. The molecule has 0 unspecified atom stereocenters. The lowest BCUT2D eigenvalue weighted by molar-refractivity contribution is 0.134. The van der Waals surface area contributed by atoms with Crippen molar-refractivity contribution in [1.29, 1.82) is 0 Å². The maximum absolute atomic E-state index is 9.88. The normalized spacial score (nSPS) is 15.2. The molecule has 0 radical (unpaired) electrons. The molecule has 0 aliphatic carbocycles. The Labute approximate surface area is 159 Å². The first kappa shape index (κ1) is 24.0. The second-order valence-corrected chi connectivity index (χ2v) is 5.52. The number of phenols is 2. The summed E-state index contributed by atoms with van der Waals surface area (Å²) < 4.78 is 0. The van der Waals surface area contributed by atoms with Crippen LogP contribution in [0, 0.1) is 0 Å². The molecule has 0 aromatic heterocycles. The van der Waals surface area contributed by atoms with Crippen molar-refractivity contribution >= 4 is 0 Å². The quantitative estimate of drug-likeness (QED) is 0.576. The molecule has 1 heterocycles. The Balaban J connectivity index is 0.00000146. The van der Waals surface area contributed by atoms with Crippen molar-refractivity contribution in [2.24, 2.45) is 0 Å². The van der Waals surface area contributed by atoms with Gasteiger partial charge in [0, 0.05) is 44.8 Å². The third-order valence-electron chi connectivity index (χ3n) is 3.96. The summed E-state index contributed by atoms with van der Waals surface area (Å²) >= 11 is 0. The fourth-order valence-electron chi connectivity index (χ4n) is 2.65. The van der Waals surface area contributed by atoms with E-state index in [0.29, 0.717) is 6.54 Å². The van der Waals surface area contributed by atoms with Crippen molar-refractivity contribution < 1.29 is 10.2 Å². The average Bonchev–Trinajstić information content (AvgIpc) is 2.69. The number of aromatic hydroxyl groups is 2. The van der Waals surface area contributed by atoms with Gasteiger partial charge in [-0.3, -0.25) is 9.80 Å². The van der Waals surface area contributed by atoms with Crippen LogP contribution in [0.25, 0.3) is 0 Å². The van der Waals surface area contributed by atoms with Crippen LogP contribution in [-0.4, -0.2) is 52.7 Å². The Morgan fingerprint density at radius 3 is 2.12 bits per heavy atom. The molecule has 0 amide bonds. The third kappa shape index (κ3) is 7.89. The summed E-state index contributed by atoms with van der Waals surface area (Å²) in [7, 11) is 0. The molecule has 1 aliphatic rings. The van der Waals surface area contributed by atoms with Crippen molar-refractivity contribution in [2.45, 2.75) is 34.2 Å². The molecule has 1 aromatic rings. The molecular formula is C22H36N2O2. The summed E-state index contributed by atoms with van der Waals surface area (Å²) in [6.07, 6.45) is 5.65. The summed E-state index contributed by atoms with van der Waals surface area (Å²) in [6, 6.07) is 5.11. The van der Waals surface area contributed by atoms with Crippen LogP contribution in [0.4, 0.5) is 0 Å². The van der Waals surface area contributed by atoms with Crippen LogP contribution in [-0.2, 0) is 6.54 Å². The predicted molar refractivity (Wildman–Crippen MR) is 113 cm³/mol. The molecule has 146 valence electrons. The molecule has 4 nitrogen and oxygen atoms in total. The first-order chi connectivity index (χ1) is 12.6. The molecule has 26 heavy (non-hydrogen) atoms. The van der Waals surface area contributed by atoms with E-state index in [-0.39, 0.29) is 11.5 Å². The van der Waals surface area contributed by atoms with Gasteiger partial charge in [0.05, 0.1) is 0 Å². The van der Waals surface area contributed by atoms with Crippen LogP contribution >= 0.6 is 0 Å². The summed E-state index contributed by atoms with van der Waals surface area (Å²) in [5, 5.41) is 19.4. The minimum atomic E-state index is -0.0543. The Hall–Kier alpha value is -2.04. The highest BCUT2D eigenvalue weighted by molar-refractivity contribution is 5.44. The van der Waals surface area contributed by atoms with E-state index in [0.717, 1.165) is 38.3 Å². The lowest BCUT2D eigenvalue weighted by Gasteiger charge is -2.35. The Kier molecular flexibility index (Phi) is 13.1. The fraction of sp³-hybridized carbons (Fsp3) is 0.455. The van der Waals surface area contributed by atoms with Gasteiger partial charge in [-0.2, -0.15) is 0 Å². The lowest BCUT2D eigenvalue weighted by atomic mass is 10.1. The smallest absolute Gasteiger partial charge is 0.161 e. The molecule has 1 fully saturated rings. The molecule has 1 aliphatic heterocycles. The minimum absolute atomic E-state index is 0.00668. The first-order valence-electron chi connectivity index (χ1n) is 9.52. The van der Waals surface area contributed by atoms with Gasteiger partial charge in [0.2, 0.25) is 0 Å². The topological polar surface area (TPSA) is 46.9 Å². The maximum Gasteiger partial charge on any atom is 0.161 e. The average molecular weight is 361 g/mol. The number of hydrogen-bond donors (Lipinski definition) is 2. The van der Waals surface area contributed by atoms with Gasteiger partial charge in [0.1, 0.15) is 0 Å². The van der Waals surface area contributed by atoms with Gasteiger partial charge in [-0.15, -0.1) is 0 Å². The van der Waals surface area contributed by atoms with Crippen molar-refractivity contribution in [3.05, 3.63) is 60.7 Å². The maximum atomic E-state index is 9.88. The van der Waals surface area contributed by atoms with E-state index in [4.69, 9.17) is 0 Å². The first-order valence-corrected chi connectivity index (χ1v) is 9.52. The van der Waals surface area contributed by atoms with Gasteiger partial charge in [0.25, 0.3) is 0 Å². The van der Waals surface area contributed by atoms with Crippen molar-refractivity contribution in [3.8, 4) is 11.5 Å². The minimum Gasteiger partial charge on any atom is -0.504 e. The second-order valence-electron chi connectivity index (χ2n) is 5.52. The van der Waals surface area contributed by atoms with E-state index in [1.54, 1.807) is 12.1 Å². The summed E-state index contributed by atoms with van der Waals surface area (Å²) in [6.45, 7) is 20.9. The van der Waals surface area contributed by atoms with Gasteiger partial charge < -0.3 is 10.2 Å².